The summed E-state index contributed by atoms with van der Waals surface area (Å²) >= 11 is 5.87. The molecule has 122 valence electrons. The van der Waals surface area contributed by atoms with E-state index in [2.05, 4.69) is 9.71 Å². The van der Waals surface area contributed by atoms with E-state index in [9.17, 15) is 13.2 Å². The highest BCUT2D eigenvalue weighted by Crippen LogP contribution is 2.26. The smallest absolute Gasteiger partial charge is 0.337 e. The number of sulfonamides is 1. The number of fused-ring (bicyclic) bond motifs is 1. The number of nitrogens with one attached hydrogen (secondary N) is 1. The Balaban J connectivity index is 2.02. The fraction of sp³-hybridized carbons (Fsp3) is 0. The predicted octanol–water partition coefficient (Wildman–Crippen LogP) is 3.39. The van der Waals surface area contributed by atoms with Crippen LogP contribution < -0.4 is 4.72 Å². The van der Waals surface area contributed by atoms with Crippen LogP contribution >= 0.6 is 11.6 Å². The van der Waals surface area contributed by atoms with Gasteiger partial charge in [0.2, 0.25) is 0 Å². The molecule has 0 spiro atoms. The standard InChI is InChI=1S/C16H11ClN2O4S/c17-13-9-11(6-7-12(13)16(20)21)19-24(22,23)14-5-1-3-10-4-2-8-18-15(10)14/h1-9,19H,(H,20,21). The molecular weight excluding hydrogens is 352 g/mol. The first-order chi connectivity index (χ1) is 11.4. The Kier molecular flexibility index (Phi) is 4.13. The van der Waals surface area contributed by atoms with E-state index < -0.39 is 16.0 Å². The Morgan fingerprint density at radius 3 is 2.58 bits per heavy atom. The van der Waals surface area contributed by atoms with E-state index in [0.717, 1.165) is 0 Å². The van der Waals surface area contributed by atoms with Crippen molar-refractivity contribution in [3.63, 3.8) is 0 Å². The molecule has 3 aromatic rings. The van der Waals surface area contributed by atoms with Crippen molar-refractivity contribution in [3.8, 4) is 0 Å². The second-order valence-electron chi connectivity index (χ2n) is 4.94. The number of halogens is 1. The molecule has 8 heteroatoms. The zero-order valence-electron chi connectivity index (χ0n) is 12.1. The fourth-order valence-corrected chi connectivity index (χ4v) is 3.75. The first kappa shape index (κ1) is 16.2. The fourth-order valence-electron chi connectivity index (χ4n) is 2.26. The molecular formula is C16H11ClN2O4S. The van der Waals surface area contributed by atoms with Crippen LogP contribution in [0.25, 0.3) is 10.9 Å². The van der Waals surface area contributed by atoms with Crippen LogP contribution in [0.3, 0.4) is 0 Å². The van der Waals surface area contributed by atoms with Crippen LogP contribution in [0.5, 0.6) is 0 Å². The van der Waals surface area contributed by atoms with Crippen LogP contribution in [0.1, 0.15) is 10.4 Å². The second kappa shape index (κ2) is 6.10. The average molecular weight is 363 g/mol. The number of carboxylic acid groups (broad SMARTS) is 1. The number of hydrogen-bond acceptors (Lipinski definition) is 4. The Hall–Kier alpha value is -2.64. The van der Waals surface area contributed by atoms with Crippen LogP contribution in [-0.2, 0) is 10.0 Å². The van der Waals surface area contributed by atoms with E-state index in [1.807, 2.05) is 0 Å². The molecule has 0 atom stereocenters. The topological polar surface area (TPSA) is 96.4 Å². The van der Waals surface area contributed by atoms with Crippen LogP contribution in [0.15, 0.2) is 59.6 Å². The Labute approximate surface area is 142 Å². The molecule has 0 saturated heterocycles. The van der Waals surface area contributed by atoms with Crippen molar-refractivity contribution in [1.29, 1.82) is 0 Å². The Bertz CT molecular complexity index is 1050. The van der Waals surface area contributed by atoms with Gasteiger partial charge in [0.05, 0.1) is 21.8 Å². The zero-order chi connectivity index (χ0) is 17.3. The molecule has 2 N–H and O–H groups in total. The summed E-state index contributed by atoms with van der Waals surface area (Å²) in [5, 5.41) is 9.59. The van der Waals surface area contributed by atoms with Crippen molar-refractivity contribution in [2.45, 2.75) is 4.90 Å². The number of aromatic nitrogens is 1. The molecule has 0 aliphatic heterocycles. The van der Waals surface area contributed by atoms with Gasteiger partial charge in [0.1, 0.15) is 4.90 Å². The molecule has 1 aromatic heterocycles. The summed E-state index contributed by atoms with van der Waals surface area (Å²) in [4.78, 5) is 15.1. The number of hydrogen-bond donors (Lipinski definition) is 2. The highest BCUT2D eigenvalue weighted by Gasteiger charge is 2.19. The molecule has 0 bridgehead atoms. The van der Waals surface area contributed by atoms with Crippen molar-refractivity contribution in [1.82, 2.24) is 4.98 Å². The van der Waals surface area contributed by atoms with Crippen molar-refractivity contribution >= 4 is 44.2 Å². The molecule has 2 aromatic carbocycles. The van der Waals surface area contributed by atoms with Crippen molar-refractivity contribution in [2.24, 2.45) is 0 Å². The van der Waals surface area contributed by atoms with E-state index in [-0.39, 0.29) is 21.2 Å². The van der Waals surface area contributed by atoms with Gasteiger partial charge >= 0.3 is 5.97 Å². The zero-order valence-corrected chi connectivity index (χ0v) is 13.7. The molecule has 3 rings (SSSR count). The lowest BCUT2D eigenvalue weighted by molar-refractivity contribution is 0.0697. The van der Waals surface area contributed by atoms with Crippen LogP contribution in [-0.4, -0.2) is 24.5 Å². The van der Waals surface area contributed by atoms with Crippen LogP contribution in [0, 0.1) is 0 Å². The van der Waals surface area contributed by atoms with Gasteiger partial charge in [-0.3, -0.25) is 9.71 Å². The number of aromatic carboxylic acids is 1. The molecule has 0 amide bonds. The molecule has 24 heavy (non-hydrogen) atoms. The number of anilines is 1. The first-order valence-corrected chi connectivity index (χ1v) is 8.64. The molecule has 6 nitrogen and oxygen atoms in total. The SMILES string of the molecule is O=C(O)c1ccc(NS(=O)(=O)c2cccc3cccnc23)cc1Cl. The predicted molar refractivity (Wildman–Crippen MR) is 91.0 cm³/mol. The minimum absolute atomic E-state index is 0.0269. The molecule has 0 fully saturated rings. The second-order valence-corrected chi connectivity index (χ2v) is 6.99. The quantitative estimate of drug-likeness (QED) is 0.741. The summed E-state index contributed by atoms with van der Waals surface area (Å²) in [6.07, 6.45) is 1.51. The number of carbonyl (C=O) groups is 1. The van der Waals surface area contributed by atoms with Crippen molar-refractivity contribution in [2.75, 3.05) is 4.72 Å². The van der Waals surface area contributed by atoms with Gasteiger partial charge in [-0.2, -0.15) is 0 Å². The average Bonchev–Trinajstić information content (AvgIpc) is 2.53. The number of carboxylic acids is 1. The third kappa shape index (κ3) is 3.04. The number of nitrogens with zero attached hydrogens (tertiary/aromatic N) is 1. The van der Waals surface area contributed by atoms with Gasteiger partial charge < -0.3 is 5.11 Å². The summed E-state index contributed by atoms with van der Waals surface area (Å²) in [6, 6.07) is 12.1. The number of benzene rings is 2. The van der Waals surface area contributed by atoms with Gasteiger partial charge in [-0.25, -0.2) is 13.2 Å². The van der Waals surface area contributed by atoms with Gasteiger partial charge in [-0.15, -0.1) is 0 Å². The van der Waals surface area contributed by atoms with Gasteiger partial charge in [-0.1, -0.05) is 29.8 Å². The van der Waals surface area contributed by atoms with E-state index in [0.29, 0.717) is 10.9 Å². The van der Waals surface area contributed by atoms with Gasteiger partial charge in [0.25, 0.3) is 10.0 Å². The maximum absolute atomic E-state index is 12.6. The minimum Gasteiger partial charge on any atom is -0.478 e. The monoisotopic (exact) mass is 362 g/mol. The number of pyridine rings is 1. The highest BCUT2D eigenvalue weighted by atomic mass is 35.5. The van der Waals surface area contributed by atoms with Gasteiger partial charge in [-0.05, 0) is 30.3 Å². The Morgan fingerprint density at radius 1 is 1.12 bits per heavy atom. The van der Waals surface area contributed by atoms with Crippen LogP contribution in [0.4, 0.5) is 5.69 Å². The molecule has 0 unspecified atom stereocenters. The summed E-state index contributed by atoms with van der Waals surface area (Å²) < 4.78 is 27.7. The van der Waals surface area contributed by atoms with Crippen molar-refractivity contribution in [3.05, 3.63) is 65.3 Å². The summed E-state index contributed by atoms with van der Waals surface area (Å²) in [7, 11) is -3.91. The molecule has 0 radical (unpaired) electrons. The molecule has 0 aliphatic carbocycles. The molecule has 1 heterocycles. The third-order valence-electron chi connectivity index (χ3n) is 3.34. The minimum atomic E-state index is -3.91. The van der Waals surface area contributed by atoms with E-state index in [1.165, 1.54) is 30.5 Å². The first-order valence-electron chi connectivity index (χ1n) is 6.78. The number of rotatable bonds is 4. The van der Waals surface area contributed by atoms with Crippen LogP contribution in [0.2, 0.25) is 5.02 Å². The van der Waals surface area contributed by atoms with Crippen molar-refractivity contribution < 1.29 is 18.3 Å². The lowest BCUT2D eigenvalue weighted by Gasteiger charge is -2.11. The maximum Gasteiger partial charge on any atom is 0.337 e. The summed E-state index contributed by atoms with van der Waals surface area (Å²) in [6.45, 7) is 0. The Morgan fingerprint density at radius 2 is 1.88 bits per heavy atom. The summed E-state index contributed by atoms with van der Waals surface area (Å²) in [5.74, 6) is -1.19. The maximum atomic E-state index is 12.6. The normalized spacial score (nSPS) is 11.4. The highest BCUT2D eigenvalue weighted by molar-refractivity contribution is 7.93. The largest absolute Gasteiger partial charge is 0.478 e. The molecule has 0 aliphatic rings. The molecule has 0 saturated carbocycles. The van der Waals surface area contributed by atoms with E-state index >= 15 is 0 Å². The van der Waals surface area contributed by atoms with E-state index in [1.54, 1.807) is 24.3 Å². The van der Waals surface area contributed by atoms with E-state index in [4.69, 9.17) is 16.7 Å². The lowest BCUT2D eigenvalue weighted by Crippen LogP contribution is -2.14. The van der Waals surface area contributed by atoms with Gasteiger partial charge in [0.15, 0.2) is 0 Å². The third-order valence-corrected chi connectivity index (χ3v) is 5.06. The number of para-hydroxylation sites is 1. The lowest BCUT2D eigenvalue weighted by atomic mass is 10.2. The summed E-state index contributed by atoms with van der Waals surface area (Å²) in [5.41, 5.74) is 0.408. The van der Waals surface area contributed by atoms with Gasteiger partial charge in [0, 0.05) is 11.6 Å².